The summed E-state index contributed by atoms with van der Waals surface area (Å²) in [6.07, 6.45) is 3.76. The monoisotopic (exact) mass is 244 g/mol. The van der Waals surface area contributed by atoms with Crippen molar-refractivity contribution in [3.63, 3.8) is 0 Å². The molecule has 0 saturated heterocycles. The van der Waals surface area contributed by atoms with E-state index < -0.39 is 0 Å². The predicted molar refractivity (Wildman–Crippen MR) is 63.7 cm³/mol. The second-order valence-corrected chi connectivity index (χ2v) is 4.99. The first-order valence-corrected chi connectivity index (χ1v) is 6.05. The Hall–Kier alpha value is -0.240. The summed E-state index contributed by atoms with van der Waals surface area (Å²) >= 11 is 11.9. The molecule has 0 heterocycles. The molecule has 2 rings (SSSR count). The summed E-state index contributed by atoms with van der Waals surface area (Å²) in [5.74, 6) is 0.531. The molecular weight excluding hydrogens is 231 g/mol. The van der Waals surface area contributed by atoms with Gasteiger partial charge in [-0.1, -0.05) is 29.3 Å². The van der Waals surface area contributed by atoms with Crippen molar-refractivity contribution in [2.45, 2.75) is 37.7 Å². The highest BCUT2D eigenvalue weighted by Gasteiger charge is 2.20. The van der Waals surface area contributed by atoms with Gasteiger partial charge in [-0.05, 0) is 49.3 Å². The molecular formula is C12H14Cl2O. The maximum atomic E-state index is 9.43. The predicted octanol–water partition coefficient (Wildman–Crippen LogP) is 4.01. The minimum atomic E-state index is -0.107. The Morgan fingerprint density at radius 2 is 1.67 bits per heavy atom. The fourth-order valence-electron chi connectivity index (χ4n) is 2.18. The van der Waals surface area contributed by atoms with Crippen LogP contribution in [-0.4, -0.2) is 11.2 Å². The van der Waals surface area contributed by atoms with E-state index in [0.29, 0.717) is 16.0 Å². The molecule has 1 aromatic carbocycles. The fraction of sp³-hybridized carbons (Fsp3) is 0.500. The molecule has 1 fully saturated rings. The lowest BCUT2D eigenvalue weighted by Crippen LogP contribution is -2.16. The van der Waals surface area contributed by atoms with E-state index in [-0.39, 0.29) is 6.10 Å². The zero-order valence-corrected chi connectivity index (χ0v) is 9.93. The van der Waals surface area contributed by atoms with Gasteiger partial charge in [0.25, 0.3) is 0 Å². The van der Waals surface area contributed by atoms with Crippen LogP contribution in [0.25, 0.3) is 0 Å². The van der Waals surface area contributed by atoms with Gasteiger partial charge in [-0.3, -0.25) is 0 Å². The second kappa shape index (κ2) is 4.73. The minimum absolute atomic E-state index is 0.107. The summed E-state index contributed by atoms with van der Waals surface area (Å²) in [6.45, 7) is 0. The average molecular weight is 245 g/mol. The lowest BCUT2D eigenvalue weighted by molar-refractivity contribution is 0.122. The number of hydrogen-bond donors (Lipinski definition) is 1. The van der Waals surface area contributed by atoms with Crippen LogP contribution in [-0.2, 0) is 0 Å². The largest absolute Gasteiger partial charge is 0.393 e. The van der Waals surface area contributed by atoms with E-state index in [9.17, 15) is 5.11 Å². The maximum Gasteiger partial charge on any atom is 0.0595 e. The standard InChI is InChI=1S/C12H14Cl2O/c13-11-6-3-9(7-12(11)14)8-1-4-10(15)5-2-8/h3,6-8,10,15H,1-2,4-5H2/t8-,10-. The van der Waals surface area contributed by atoms with Crippen molar-refractivity contribution in [2.75, 3.05) is 0 Å². The highest BCUT2D eigenvalue weighted by atomic mass is 35.5. The summed E-state index contributed by atoms with van der Waals surface area (Å²) in [6, 6.07) is 5.84. The molecule has 1 aliphatic rings. The Morgan fingerprint density at radius 1 is 1.00 bits per heavy atom. The van der Waals surface area contributed by atoms with E-state index in [0.717, 1.165) is 25.7 Å². The third kappa shape index (κ3) is 2.66. The third-order valence-corrected chi connectivity index (χ3v) is 3.85. The molecule has 0 amide bonds. The number of benzene rings is 1. The molecule has 1 saturated carbocycles. The Labute approximate surface area is 100 Å². The number of aliphatic hydroxyl groups is 1. The van der Waals surface area contributed by atoms with Crippen molar-refractivity contribution < 1.29 is 5.11 Å². The van der Waals surface area contributed by atoms with Crippen molar-refractivity contribution in [3.8, 4) is 0 Å². The van der Waals surface area contributed by atoms with Gasteiger partial charge in [-0.25, -0.2) is 0 Å². The van der Waals surface area contributed by atoms with Gasteiger partial charge in [0.05, 0.1) is 16.1 Å². The molecule has 0 atom stereocenters. The van der Waals surface area contributed by atoms with Crippen molar-refractivity contribution in [3.05, 3.63) is 33.8 Å². The van der Waals surface area contributed by atoms with Crippen LogP contribution in [0.15, 0.2) is 18.2 Å². The number of hydrogen-bond acceptors (Lipinski definition) is 1. The maximum absolute atomic E-state index is 9.43. The average Bonchev–Trinajstić information content (AvgIpc) is 2.23. The first-order chi connectivity index (χ1) is 7.16. The molecule has 82 valence electrons. The molecule has 0 spiro atoms. The van der Waals surface area contributed by atoms with Crippen LogP contribution < -0.4 is 0 Å². The van der Waals surface area contributed by atoms with Gasteiger partial charge in [0, 0.05) is 0 Å². The van der Waals surface area contributed by atoms with Crippen LogP contribution in [0, 0.1) is 0 Å². The van der Waals surface area contributed by atoms with Gasteiger partial charge in [-0.2, -0.15) is 0 Å². The zero-order chi connectivity index (χ0) is 10.8. The van der Waals surface area contributed by atoms with Gasteiger partial charge in [0.1, 0.15) is 0 Å². The summed E-state index contributed by atoms with van der Waals surface area (Å²) in [4.78, 5) is 0. The van der Waals surface area contributed by atoms with Crippen molar-refractivity contribution in [1.29, 1.82) is 0 Å². The van der Waals surface area contributed by atoms with E-state index in [4.69, 9.17) is 23.2 Å². The van der Waals surface area contributed by atoms with E-state index in [1.165, 1.54) is 5.56 Å². The van der Waals surface area contributed by atoms with Crippen LogP contribution in [0.3, 0.4) is 0 Å². The highest BCUT2D eigenvalue weighted by Crippen LogP contribution is 2.35. The summed E-state index contributed by atoms with van der Waals surface area (Å²) in [5, 5.41) is 10.7. The number of aliphatic hydroxyl groups excluding tert-OH is 1. The Balaban J connectivity index is 2.12. The Kier molecular flexibility index (Phi) is 3.55. The van der Waals surface area contributed by atoms with Crippen molar-refractivity contribution >= 4 is 23.2 Å². The fourth-order valence-corrected chi connectivity index (χ4v) is 2.48. The van der Waals surface area contributed by atoms with Gasteiger partial charge in [-0.15, -0.1) is 0 Å². The van der Waals surface area contributed by atoms with Crippen LogP contribution in [0.1, 0.15) is 37.2 Å². The molecule has 1 aliphatic carbocycles. The van der Waals surface area contributed by atoms with E-state index in [1.807, 2.05) is 18.2 Å². The van der Waals surface area contributed by atoms with E-state index in [1.54, 1.807) is 0 Å². The van der Waals surface area contributed by atoms with Crippen LogP contribution in [0.2, 0.25) is 10.0 Å². The quantitative estimate of drug-likeness (QED) is 0.792. The summed E-state index contributed by atoms with van der Waals surface area (Å²) < 4.78 is 0. The number of rotatable bonds is 1. The Morgan fingerprint density at radius 3 is 2.27 bits per heavy atom. The third-order valence-electron chi connectivity index (χ3n) is 3.11. The van der Waals surface area contributed by atoms with Crippen LogP contribution in [0.4, 0.5) is 0 Å². The number of halogens is 2. The lowest BCUT2D eigenvalue weighted by Gasteiger charge is -2.25. The molecule has 0 radical (unpaired) electrons. The topological polar surface area (TPSA) is 20.2 Å². The second-order valence-electron chi connectivity index (χ2n) is 4.18. The van der Waals surface area contributed by atoms with Gasteiger partial charge in [0.15, 0.2) is 0 Å². The molecule has 0 unspecified atom stereocenters. The first-order valence-electron chi connectivity index (χ1n) is 5.30. The molecule has 3 heteroatoms. The van der Waals surface area contributed by atoms with Gasteiger partial charge in [0.2, 0.25) is 0 Å². The normalized spacial score (nSPS) is 26.6. The molecule has 1 N–H and O–H groups in total. The van der Waals surface area contributed by atoms with E-state index in [2.05, 4.69) is 0 Å². The zero-order valence-electron chi connectivity index (χ0n) is 8.42. The SMILES string of the molecule is O[C@H]1CC[C@H](c2ccc(Cl)c(Cl)c2)CC1. The molecule has 15 heavy (non-hydrogen) atoms. The van der Waals surface area contributed by atoms with Crippen molar-refractivity contribution in [1.82, 2.24) is 0 Å². The summed E-state index contributed by atoms with van der Waals surface area (Å²) in [7, 11) is 0. The van der Waals surface area contributed by atoms with Gasteiger partial charge >= 0.3 is 0 Å². The Bertz CT molecular complexity index is 343. The highest BCUT2D eigenvalue weighted by molar-refractivity contribution is 6.42. The molecule has 1 nitrogen and oxygen atoms in total. The lowest BCUT2D eigenvalue weighted by atomic mass is 9.83. The molecule has 0 bridgehead atoms. The van der Waals surface area contributed by atoms with Crippen LogP contribution in [0.5, 0.6) is 0 Å². The van der Waals surface area contributed by atoms with Crippen molar-refractivity contribution in [2.24, 2.45) is 0 Å². The molecule has 1 aromatic rings. The van der Waals surface area contributed by atoms with Crippen LogP contribution >= 0.6 is 23.2 Å². The molecule has 0 aromatic heterocycles. The smallest absolute Gasteiger partial charge is 0.0595 e. The summed E-state index contributed by atoms with van der Waals surface area (Å²) in [5.41, 5.74) is 1.25. The molecule has 0 aliphatic heterocycles. The minimum Gasteiger partial charge on any atom is -0.393 e. The van der Waals surface area contributed by atoms with E-state index >= 15 is 0 Å². The van der Waals surface area contributed by atoms with Gasteiger partial charge < -0.3 is 5.11 Å². The first kappa shape index (κ1) is 11.3.